The summed E-state index contributed by atoms with van der Waals surface area (Å²) < 4.78 is 0. The van der Waals surface area contributed by atoms with Crippen molar-refractivity contribution in [3.63, 3.8) is 0 Å². The van der Waals surface area contributed by atoms with Gasteiger partial charge in [0.2, 0.25) is 0 Å². The zero-order chi connectivity index (χ0) is 13.5. The van der Waals surface area contributed by atoms with Gasteiger partial charge in [0.1, 0.15) is 0 Å². The van der Waals surface area contributed by atoms with Gasteiger partial charge in [-0.05, 0) is 19.3 Å². The molecule has 17 heavy (non-hydrogen) atoms. The lowest BCUT2D eigenvalue weighted by atomic mass is 10.1. The number of unbranched alkanes of at least 4 members (excludes halogenated alkanes) is 4. The highest BCUT2D eigenvalue weighted by atomic mass is 15.4. The van der Waals surface area contributed by atoms with Crippen LogP contribution in [0.25, 0.3) is 0 Å². The standard InChI is InChI=1S/C12H27N3.C2H4/c1-3-5-7-8-9-12(13)11-15(14)10-6-4-2;1-2/h11H,3-10,13-14H2,1-2H3;1-2H2/b12-11-;. The number of hydrogen-bond acceptors (Lipinski definition) is 3. The van der Waals surface area contributed by atoms with Crippen LogP contribution >= 0.6 is 0 Å². The van der Waals surface area contributed by atoms with Crippen LogP contribution in [0.15, 0.2) is 25.1 Å². The molecule has 0 heterocycles. The van der Waals surface area contributed by atoms with Crippen molar-refractivity contribution in [2.45, 2.75) is 58.8 Å². The highest BCUT2D eigenvalue weighted by molar-refractivity contribution is 4.94. The normalized spacial score (nSPS) is 10.6. The van der Waals surface area contributed by atoms with Crippen molar-refractivity contribution in [1.29, 1.82) is 0 Å². The molecule has 0 bridgehead atoms. The minimum Gasteiger partial charge on any atom is -0.401 e. The summed E-state index contributed by atoms with van der Waals surface area (Å²) in [6.07, 6.45) is 10.1. The number of nitrogens with two attached hydrogens (primary N) is 2. The number of hydrazine groups is 1. The second-order valence-corrected chi connectivity index (χ2v) is 4.11. The molecule has 0 unspecified atom stereocenters. The van der Waals surface area contributed by atoms with Crippen LogP contribution < -0.4 is 11.6 Å². The quantitative estimate of drug-likeness (QED) is 0.281. The molecular formula is C14H31N3. The molecule has 0 atom stereocenters. The maximum absolute atomic E-state index is 5.87. The molecule has 3 heteroatoms. The lowest BCUT2D eigenvalue weighted by molar-refractivity contribution is 0.379. The fourth-order valence-corrected chi connectivity index (χ4v) is 1.44. The molecular weight excluding hydrogens is 210 g/mol. The summed E-state index contributed by atoms with van der Waals surface area (Å²) in [5.74, 6) is 5.77. The Hall–Kier alpha value is -0.960. The van der Waals surface area contributed by atoms with E-state index in [-0.39, 0.29) is 0 Å². The maximum atomic E-state index is 5.87. The van der Waals surface area contributed by atoms with E-state index in [0.29, 0.717) is 0 Å². The molecule has 0 aromatic rings. The Labute approximate surface area is 108 Å². The van der Waals surface area contributed by atoms with Crippen molar-refractivity contribution in [3.8, 4) is 0 Å². The molecule has 3 nitrogen and oxygen atoms in total. The molecule has 0 aliphatic carbocycles. The Bertz CT molecular complexity index is 178. The van der Waals surface area contributed by atoms with Crippen LogP contribution in [0.5, 0.6) is 0 Å². The summed E-state index contributed by atoms with van der Waals surface area (Å²) in [6.45, 7) is 11.3. The molecule has 0 fully saturated rings. The van der Waals surface area contributed by atoms with Crippen LogP contribution in [-0.2, 0) is 0 Å². The van der Waals surface area contributed by atoms with Crippen molar-refractivity contribution in [1.82, 2.24) is 5.01 Å². The molecule has 0 aromatic carbocycles. The third kappa shape index (κ3) is 15.0. The van der Waals surface area contributed by atoms with E-state index in [1.54, 1.807) is 5.01 Å². The predicted octanol–water partition coefficient (Wildman–Crippen LogP) is 3.53. The van der Waals surface area contributed by atoms with Crippen LogP contribution in [0, 0.1) is 0 Å². The van der Waals surface area contributed by atoms with E-state index >= 15 is 0 Å². The van der Waals surface area contributed by atoms with Crippen molar-refractivity contribution in [3.05, 3.63) is 25.1 Å². The fourth-order valence-electron chi connectivity index (χ4n) is 1.44. The number of rotatable bonds is 9. The Morgan fingerprint density at radius 3 is 2.18 bits per heavy atom. The van der Waals surface area contributed by atoms with E-state index in [2.05, 4.69) is 27.0 Å². The van der Waals surface area contributed by atoms with Gasteiger partial charge in [0.15, 0.2) is 0 Å². The van der Waals surface area contributed by atoms with Gasteiger partial charge in [-0.15, -0.1) is 13.2 Å². The van der Waals surface area contributed by atoms with Crippen molar-refractivity contribution < 1.29 is 0 Å². The Balaban J connectivity index is 0. The molecule has 0 aromatic heterocycles. The number of hydrogen-bond donors (Lipinski definition) is 2. The third-order valence-electron chi connectivity index (χ3n) is 2.42. The maximum Gasteiger partial charge on any atom is 0.0342 e. The van der Waals surface area contributed by atoms with Gasteiger partial charge in [-0.1, -0.05) is 39.5 Å². The van der Waals surface area contributed by atoms with Crippen molar-refractivity contribution >= 4 is 0 Å². The molecule has 0 spiro atoms. The summed E-state index contributed by atoms with van der Waals surface area (Å²) in [5, 5.41) is 1.71. The van der Waals surface area contributed by atoms with E-state index in [0.717, 1.165) is 31.5 Å². The van der Waals surface area contributed by atoms with Gasteiger partial charge in [-0.25, -0.2) is 5.84 Å². The molecule has 0 aliphatic rings. The second kappa shape index (κ2) is 15.0. The summed E-state index contributed by atoms with van der Waals surface area (Å²) in [5.41, 5.74) is 6.78. The minimum atomic E-state index is 0.895. The molecule has 0 aliphatic heterocycles. The number of allylic oxidation sites excluding steroid dienone is 1. The Morgan fingerprint density at radius 2 is 1.65 bits per heavy atom. The highest BCUT2D eigenvalue weighted by Crippen LogP contribution is 2.06. The Kier molecular flexibility index (Phi) is 16.3. The molecule has 0 amide bonds. The zero-order valence-corrected chi connectivity index (χ0v) is 11.8. The molecule has 102 valence electrons. The van der Waals surface area contributed by atoms with Gasteiger partial charge in [-0.3, -0.25) is 0 Å². The lowest BCUT2D eigenvalue weighted by Gasteiger charge is -2.14. The van der Waals surface area contributed by atoms with Gasteiger partial charge < -0.3 is 10.7 Å². The van der Waals surface area contributed by atoms with Crippen LogP contribution in [0.1, 0.15) is 58.8 Å². The third-order valence-corrected chi connectivity index (χ3v) is 2.42. The average Bonchev–Trinajstić information content (AvgIpc) is 2.34. The summed E-state index contributed by atoms with van der Waals surface area (Å²) in [4.78, 5) is 0. The van der Waals surface area contributed by atoms with E-state index < -0.39 is 0 Å². The van der Waals surface area contributed by atoms with Gasteiger partial charge >= 0.3 is 0 Å². The average molecular weight is 241 g/mol. The SMILES string of the molecule is C=C.CCCCCC/C(N)=C/N(N)CCCC. The predicted molar refractivity (Wildman–Crippen MR) is 78.1 cm³/mol. The highest BCUT2D eigenvalue weighted by Gasteiger charge is 1.95. The first kappa shape index (κ1) is 18.4. The first-order valence-corrected chi connectivity index (χ1v) is 6.68. The van der Waals surface area contributed by atoms with Crippen LogP contribution in [-0.4, -0.2) is 11.6 Å². The molecule has 0 saturated carbocycles. The monoisotopic (exact) mass is 241 g/mol. The van der Waals surface area contributed by atoms with Crippen molar-refractivity contribution in [2.75, 3.05) is 6.54 Å². The van der Waals surface area contributed by atoms with Gasteiger partial charge in [0.05, 0.1) is 0 Å². The first-order chi connectivity index (χ1) is 8.20. The summed E-state index contributed by atoms with van der Waals surface area (Å²) in [6, 6.07) is 0. The summed E-state index contributed by atoms with van der Waals surface area (Å²) >= 11 is 0. The van der Waals surface area contributed by atoms with Gasteiger partial charge in [0, 0.05) is 18.4 Å². The largest absolute Gasteiger partial charge is 0.401 e. The van der Waals surface area contributed by atoms with E-state index in [4.69, 9.17) is 11.6 Å². The van der Waals surface area contributed by atoms with E-state index in [1.165, 1.54) is 25.7 Å². The van der Waals surface area contributed by atoms with Gasteiger partial charge in [0.25, 0.3) is 0 Å². The van der Waals surface area contributed by atoms with Crippen LogP contribution in [0.3, 0.4) is 0 Å². The molecule has 4 N–H and O–H groups in total. The van der Waals surface area contributed by atoms with Crippen LogP contribution in [0.2, 0.25) is 0 Å². The minimum absolute atomic E-state index is 0.895. The second-order valence-electron chi connectivity index (χ2n) is 4.11. The smallest absolute Gasteiger partial charge is 0.0342 e. The van der Waals surface area contributed by atoms with E-state index in [1.807, 2.05) is 6.20 Å². The zero-order valence-electron chi connectivity index (χ0n) is 11.8. The van der Waals surface area contributed by atoms with Gasteiger partial charge in [-0.2, -0.15) is 0 Å². The Morgan fingerprint density at radius 1 is 1.06 bits per heavy atom. The first-order valence-electron chi connectivity index (χ1n) is 6.68. The lowest BCUT2D eigenvalue weighted by Crippen LogP contribution is -2.27. The van der Waals surface area contributed by atoms with Crippen LogP contribution in [0.4, 0.5) is 0 Å². The molecule has 0 saturated heterocycles. The summed E-state index contributed by atoms with van der Waals surface area (Å²) in [7, 11) is 0. The fraction of sp³-hybridized carbons (Fsp3) is 0.714. The van der Waals surface area contributed by atoms with E-state index in [9.17, 15) is 0 Å². The topological polar surface area (TPSA) is 55.3 Å². The molecule has 0 rings (SSSR count). The molecule has 0 radical (unpaired) electrons. The van der Waals surface area contributed by atoms with Crippen molar-refractivity contribution in [2.24, 2.45) is 11.6 Å². The number of nitrogens with zero attached hydrogens (tertiary/aromatic N) is 1.